The van der Waals surface area contributed by atoms with Crippen molar-refractivity contribution in [3.8, 4) is 0 Å². The van der Waals surface area contributed by atoms with E-state index in [4.69, 9.17) is 5.11 Å². The Morgan fingerprint density at radius 1 is 1.60 bits per heavy atom. The van der Waals surface area contributed by atoms with E-state index in [1.54, 1.807) is 24.9 Å². The maximum absolute atomic E-state index is 10.8. The van der Waals surface area contributed by atoms with Crippen LogP contribution in [-0.4, -0.2) is 34.1 Å². The summed E-state index contributed by atoms with van der Waals surface area (Å²) in [6.07, 6.45) is 2.27. The average molecular weight is 209 g/mol. The van der Waals surface area contributed by atoms with Crippen molar-refractivity contribution in [2.24, 2.45) is 0 Å². The molecule has 0 fully saturated rings. The second kappa shape index (κ2) is 4.72. The molecular formula is C10H15N3O2. The van der Waals surface area contributed by atoms with Gasteiger partial charge in [0.25, 0.3) is 0 Å². The number of aliphatic carboxylic acids is 1. The molecule has 0 amide bonds. The van der Waals surface area contributed by atoms with Crippen molar-refractivity contribution in [3.63, 3.8) is 0 Å². The number of nitrogens with zero attached hydrogens (tertiary/aromatic N) is 3. The van der Waals surface area contributed by atoms with Crippen LogP contribution in [0, 0.1) is 0 Å². The van der Waals surface area contributed by atoms with Gasteiger partial charge >= 0.3 is 5.97 Å². The largest absolute Gasteiger partial charge is 0.480 e. The molecule has 0 aromatic carbocycles. The number of hydrogen-bond donors (Lipinski definition) is 1. The van der Waals surface area contributed by atoms with Gasteiger partial charge in [0.2, 0.25) is 0 Å². The summed E-state index contributed by atoms with van der Waals surface area (Å²) >= 11 is 0. The molecule has 0 aliphatic heterocycles. The summed E-state index contributed by atoms with van der Waals surface area (Å²) in [5, 5.41) is 8.86. The molecule has 1 atom stereocenters. The van der Waals surface area contributed by atoms with Crippen LogP contribution < -0.4 is 4.90 Å². The van der Waals surface area contributed by atoms with Crippen LogP contribution in [0.25, 0.3) is 0 Å². The van der Waals surface area contributed by atoms with Gasteiger partial charge < -0.3 is 10.0 Å². The zero-order valence-corrected chi connectivity index (χ0v) is 9.14. The normalized spacial score (nSPS) is 12.2. The first-order valence-electron chi connectivity index (χ1n) is 4.82. The second-order valence-electron chi connectivity index (χ2n) is 3.35. The molecule has 15 heavy (non-hydrogen) atoms. The van der Waals surface area contributed by atoms with Crippen LogP contribution in [0.3, 0.4) is 0 Å². The summed E-state index contributed by atoms with van der Waals surface area (Å²) in [7, 11) is 1.71. The highest BCUT2D eigenvalue weighted by Gasteiger charge is 2.18. The van der Waals surface area contributed by atoms with Crippen molar-refractivity contribution >= 4 is 11.8 Å². The highest BCUT2D eigenvalue weighted by molar-refractivity contribution is 5.76. The maximum Gasteiger partial charge on any atom is 0.326 e. The number of likely N-dealkylation sites (N-methyl/N-ethyl adjacent to an activating group) is 1. The molecule has 0 saturated heterocycles. The van der Waals surface area contributed by atoms with E-state index < -0.39 is 12.0 Å². The third-order valence-electron chi connectivity index (χ3n) is 2.37. The maximum atomic E-state index is 10.8. The van der Waals surface area contributed by atoms with E-state index in [0.717, 1.165) is 12.1 Å². The van der Waals surface area contributed by atoms with Crippen molar-refractivity contribution in [3.05, 3.63) is 18.1 Å². The Labute approximate surface area is 88.8 Å². The lowest BCUT2D eigenvalue weighted by Gasteiger charge is -2.22. The van der Waals surface area contributed by atoms with Crippen LogP contribution in [0.15, 0.2) is 12.4 Å². The molecule has 0 radical (unpaired) electrons. The number of hydrogen-bond acceptors (Lipinski definition) is 4. The molecule has 5 heteroatoms. The van der Waals surface area contributed by atoms with Gasteiger partial charge in [-0.25, -0.2) is 14.8 Å². The first kappa shape index (κ1) is 11.4. The second-order valence-corrected chi connectivity index (χ2v) is 3.35. The standard InChI is InChI=1S/C10H15N3O2/c1-4-8-5-9(12-6-11-8)13(3)7(2)10(14)15/h5-7H,4H2,1-3H3,(H,14,15). The number of carbonyl (C=O) groups is 1. The molecule has 0 aliphatic rings. The van der Waals surface area contributed by atoms with Gasteiger partial charge in [0.05, 0.1) is 0 Å². The Balaban J connectivity index is 2.90. The minimum Gasteiger partial charge on any atom is -0.480 e. The molecular weight excluding hydrogens is 194 g/mol. The third kappa shape index (κ3) is 2.65. The van der Waals surface area contributed by atoms with Crippen LogP contribution in [-0.2, 0) is 11.2 Å². The number of rotatable bonds is 4. The fraction of sp³-hybridized carbons (Fsp3) is 0.500. The van der Waals surface area contributed by atoms with Gasteiger partial charge in [-0.1, -0.05) is 6.92 Å². The Morgan fingerprint density at radius 2 is 2.27 bits per heavy atom. The zero-order chi connectivity index (χ0) is 11.4. The van der Waals surface area contributed by atoms with Gasteiger partial charge in [-0.3, -0.25) is 0 Å². The first-order chi connectivity index (χ1) is 7.06. The summed E-state index contributed by atoms with van der Waals surface area (Å²) in [4.78, 5) is 20.5. The number of aromatic nitrogens is 2. The van der Waals surface area contributed by atoms with Crippen molar-refractivity contribution in [2.75, 3.05) is 11.9 Å². The lowest BCUT2D eigenvalue weighted by atomic mass is 10.2. The molecule has 1 rings (SSSR count). The number of anilines is 1. The van der Waals surface area contributed by atoms with Crippen molar-refractivity contribution in [2.45, 2.75) is 26.3 Å². The summed E-state index contributed by atoms with van der Waals surface area (Å²) in [5.41, 5.74) is 0.907. The Morgan fingerprint density at radius 3 is 2.80 bits per heavy atom. The van der Waals surface area contributed by atoms with Crippen LogP contribution in [0.4, 0.5) is 5.82 Å². The van der Waals surface area contributed by atoms with E-state index in [1.165, 1.54) is 6.33 Å². The highest BCUT2D eigenvalue weighted by atomic mass is 16.4. The van der Waals surface area contributed by atoms with E-state index in [9.17, 15) is 4.79 Å². The number of carboxylic acid groups (broad SMARTS) is 1. The van der Waals surface area contributed by atoms with E-state index in [-0.39, 0.29) is 0 Å². The predicted molar refractivity (Wildman–Crippen MR) is 56.9 cm³/mol. The van der Waals surface area contributed by atoms with E-state index in [1.807, 2.05) is 6.92 Å². The summed E-state index contributed by atoms with van der Waals surface area (Å²) < 4.78 is 0. The Kier molecular flexibility index (Phi) is 3.60. The molecule has 0 bridgehead atoms. The molecule has 1 aromatic rings. The fourth-order valence-corrected chi connectivity index (χ4v) is 1.14. The van der Waals surface area contributed by atoms with Gasteiger partial charge in [0, 0.05) is 18.8 Å². The van der Waals surface area contributed by atoms with E-state index in [0.29, 0.717) is 5.82 Å². The third-order valence-corrected chi connectivity index (χ3v) is 2.37. The molecule has 1 aromatic heterocycles. The summed E-state index contributed by atoms with van der Waals surface area (Å²) in [5.74, 6) is -0.231. The highest BCUT2D eigenvalue weighted by Crippen LogP contribution is 2.12. The van der Waals surface area contributed by atoms with E-state index in [2.05, 4.69) is 9.97 Å². The fourth-order valence-electron chi connectivity index (χ4n) is 1.14. The lowest BCUT2D eigenvalue weighted by molar-refractivity contribution is -0.138. The minimum atomic E-state index is -0.867. The monoisotopic (exact) mass is 209 g/mol. The molecule has 0 saturated carbocycles. The smallest absolute Gasteiger partial charge is 0.326 e. The number of carboxylic acids is 1. The first-order valence-corrected chi connectivity index (χ1v) is 4.82. The lowest BCUT2D eigenvalue weighted by Crippen LogP contribution is -2.36. The van der Waals surface area contributed by atoms with Crippen LogP contribution in [0.2, 0.25) is 0 Å². The predicted octanol–water partition coefficient (Wildman–Crippen LogP) is 0.948. The topological polar surface area (TPSA) is 66.3 Å². The van der Waals surface area contributed by atoms with E-state index >= 15 is 0 Å². The average Bonchev–Trinajstić information content (AvgIpc) is 2.27. The molecule has 82 valence electrons. The molecule has 1 heterocycles. The minimum absolute atomic E-state index is 0.593. The molecule has 0 aliphatic carbocycles. The SMILES string of the molecule is CCc1cc(N(C)C(C)C(=O)O)ncn1. The molecule has 0 spiro atoms. The molecule has 5 nitrogen and oxygen atoms in total. The number of aryl methyl sites for hydroxylation is 1. The Bertz CT molecular complexity index is 354. The van der Waals surface area contributed by atoms with Gasteiger partial charge in [-0.15, -0.1) is 0 Å². The van der Waals surface area contributed by atoms with Gasteiger partial charge in [0.1, 0.15) is 18.2 Å². The summed E-state index contributed by atoms with van der Waals surface area (Å²) in [6, 6.07) is 1.21. The van der Waals surface area contributed by atoms with Crippen LogP contribution >= 0.6 is 0 Å². The van der Waals surface area contributed by atoms with Crippen molar-refractivity contribution < 1.29 is 9.90 Å². The van der Waals surface area contributed by atoms with Gasteiger partial charge in [0.15, 0.2) is 0 Å². The quantitative estimate of drug-likeness (QED) is 0.799. The van der Waals surface area contributed by atoms with Crippen molar-refractivity contribution in [1.29, 1.82) is 0 Å². The molecule has 1 unspecified atom stereocenters. The van der Waals surface area contributed by atoms with Gasteiger partial charge in [-0.2, -0.15) is 0 Å². The molecule has 1 N–H and O–H groups in total. The summed E-state index contributed by atoms with van der Waals surface area (Å²) in [6.45, 7) is 3.61. The van der Waals surface area contributed by atoms with Crippen molar-refractivity contribution in [1.82, 2.24) is 9.97 Å². The van der Waals surface area contributed by atoms with Crippen LogP contribution in [0.5, 0.6) is 0 Å². The van der Waals surface area contributed by atoms with Gasteiger partial charge in [-0.05, 0) is 13.3 Å². The zero-order valence-electron chi connectivity index (χ0n) is 9.14. The Hall–Kier alpha value is -1.65. The van der Waals surface area contributed by atoms with Crippen LogP contribution in [0.1, 0.15) is 19.5 Å².